The second kappa shape index (κ2) is 5.53. The van der Waals surface area contributed by atoms with Crippen LogP contribution in [0.1, 0.15) is 5.56 Å². The van der Waals surface area contributed by atoms with E-state index in [9.17, 15) is 14.0 Å². The van der Waals surface area contributed by atoms with Crippen molar-refractivity contribution in [2.75, 3.05) is 0 Å². The molecular weight excluding hydrogens is 267 g/mol. The highest BCUT2D eigenvalue weighted by molar-refractivity contribution is 7.80. The van der Waals surface area contributed by atoms with Crippen molar-refractivity contribution in [2.24, 2.45) is 0 Å². The van der Waals surface area contributed by atoms with Crippen LogP contribution in [0.3, 0.4) is 0 Å². The molecule has 1 fully saturated rings. The Kier molecular flexibility index (Phi) is 3.82. The Balaban J connectivity index is 2.18. The predicted molar refractivity (Wildman–Crippen MR) is 72.4 cm³/mol. The third kappa shape index (κ3) is 3.11. The van der Waals surface area contributed by atoms with Crippen LogP contribution in [0, 0.1) is 5.82 Å². The lowest BCUT2D eigenvalue weighted by atomic mass is 10.1. The first-order valence-electron chi connectivity index (χ1n) is 5.37. The average Bonchev–Trinajstić information content (AvgIpc) is 2.34. The van der Waals surface area contributed by atoms with Crippen LogP contribution in [0.2, 0.25) is 0 Å². The molecule has 1 saturated heterocycles. The molecule has 0 radical (unpaired) electrons. The number of hydrogen-bond donors (Lipinski definition) is 2. The third-order valence-corrected chi connectivity index (χ3v) is 2.59. The monoisotopic (exact) mass is 276 g/mol. The topological polar surface area (TPSA) is 58.2 Å². The minimum Gasteiger partial charge on any atom is -0.299 e. The number of carbonyl (C=O) groups excluding carboxylic acids is 2. The number of amides is 2. The van der Waals surface area contributed by atoms with E-state index < -0.39 is 11.8 Å². The van der Waals surface area contributed by atoms with E-state index in [0.717, 1.165) is 0 Å². The van der Waals surface area contributed by atoms with Crippen LogP contribution in [-0.4, -0.2) is 16.9 Å². The molecule has 6 heteroatoms. The number of thiocarbonyl (C=S) groups is 1. The summed E-state index contributed by atoms with van der Waals surface area (Å²) in [6.45, 7) is 0. The Morgan fingerprint density at radius 1 is 1.11 bits per heavy atom. The molecule has 0 unspecified atom stereocenters. The molecule has 1 aliphatic rings. The largest absolute Gasteiger partial charge is 0.299 e. The summed E-state index contributed by atoms with van der Waals surface area (Å²) in [5.41, 5.74) is 0.285. The van der Waals surface area contributed by atoms with Crippen LogP contribution in [0.5, 0.6) is 0 Å². The number of hydrogen-bond acceptors (Lipinski definition) is 3. The molecule has 1 aromatic rings. The van der Waals surface area contributed by atoms with E-state index in [1.165, 1.54) is 24.3 Å². The van der Waals surface area contributed by atoms with Gasteiger partial charge in [-0.25, -0.2) is 4.39 Å². The first-order valence-corrected chi connectivity index (χ1v) is 5.78. The summed E-state index contributed by atoms with van der Waals surface area (Å²) in [7, 11) is 0. The second-order valence-electron chi connectivity index (χ2n) is 3.70. The van der Waals surface area contributed by atoms with Crippen LogP contribution >= 0.6 is 12.2 Å². The molecule has 0 spiro atoms. The van der Waals surface area contributed by atoms with Crippen LogP contribution in [0.25, 0.3) is 6.08 Å². The summed E-state index contributed by atoms with van der Waals surface area (Å²) in [5, 5.41) is 4.59. The van der Waals surface area contributed by atoms with Crippen molar-refractivity contribution in [3.05, 3.63) is 53.4 Å². The van der Waals surface area contributed by atoms with Gasteiger partial charge in [-0.2, -0.15) is 0 Å². The summed E-state index contributed by atoms with van der Waals surface area (Å²) in [4.78, 5) is 23.0. The van der Waals surface area contributed by atoms with Gasteiger partial charge in [0.05, 0.1) is 0 Å². The standard InChI is InChI=1S/C13H9FN2O2S/c14-10-7-2-1-4-8(10)5-3-6-9-11(17)15-13(19)16-12(9)18/h1-7H,(H2,15,16,17,18,19). The maximum atomic E-state index is 13.3. The predicted octanol–water partition coefficient (Wildman–Crippen LogP) is 1.30. The molecule has 4 nitrogen and oxygen atoms in total. The first kappa shape index (κ1) is 13.1. The van der Waals surface area contributed by atoms with Crippen LogP contribution < -0.4 is 10.6 Å². The molecular formula is C13H9FN2O2S. The van der Waals surface area contributed by atoms with Gasteiger partial charge in [0.1, 0.15) is 11.4 Å². The number of halogens is 1. The van der Waals surface area contributed by atoms with E-state index in [4.69, 9.17) is 0 Å². The maximum absolute atomic E-state index is 13.3. The Labute approximate surface area is 114 Å². The van der Waals surface area contributed by atoms with Crippen LogP contribution in [0.15, 0.2) is 42.0 Å². The molecule has 1 heterocycles. The highest BCUT2D eigenvalue weighted by Crippen LogP contribution is 2.09. The normalized spacial score (nSPS) is 15.4. The van der Waals surface area contributed by atoms with Gasteiger partial charge in [0, 0.05) is 5.56 Å². The fraction of sp³-hybridized carbons (Fsp3) is 0. The van der Waals surface area contributed by atoms with Crippen molar-refractivity contribution in [2.45, 2.75) is 0 Å². The quantitative estimate of drug-likeness (QED) is 0.486. The lowest BCUT2D eigenvalue weighted by molar-refractivity contribution is -0.123. The van der Waals surface area contributed by atoms with Crippen LogP contribution in [-0.2, 0) is 9.59 Å². The molecule has 0 aromatic heterocycles. The molecule has 19 heavy (non-hydrogen) atoms. The van der Waals surface area contributed by atoms with Gasteiger partial charge in [-0.05, 0) is 24.4 Å². The summed E-state index contributed by atoms with van der Waals surface area (Å²) in [6, 6.07) is 6.17. The summed E-state index contributed by atoms with van der Waals surface area (Å²) < 4.78 is 13.3. The van der Waals surface area contributed by atoms with E-state index in [-0.39, 0.29) is 16.5 Å². The second-order valence-corrected chi connectivity index (χ2v) is 4.11. The lowest BCUT2D eigenvalue weighted by Crippen LogP contribution is -2.51. The Morgan fingerprint density at radius 3 is 2.37 bits per heavy atom. The Hall–Kier alpha value is -2.34. The number of benzene rings is 1. The Bertz CT molecular complexity index is 601. The lowest BCUT2D eigenvalue weighted by Gasteiger charge is -2.15. The number of carbonyl (C=O) groups is 2. The van der Waals surface area contributed by atoms with Gasteiger partial charge in [-0.15, -0.1) is 0 Å². The van der Waals surface area contributed by atoms with Gasteiger partial charge in [-0.3, -0.25) is 20.2 Å². The van der Waals surface area contributed by atoms with Gasteiger partial charge >= 0.3 is 0 Å². The van der Waals surface area contributed by atoms with Crippen molar-refractivity contribution < 1.29 is 14.0 Å². The van der Waals surface area contributed by atoms with Gasteiger partial charge in [0.15, 0.2) is 5.11 Å². The van der Waals surface area contributed by atoms with Gasteiger partial charge in [-0.1, -0.05) is 30.4 Å². The van der Waals surface area contributed by atoms with E-state index in [2.05, 4.69) is 22.9 Å². The minimum absolute atomic E-state index is 0.0229. The highest BCUT2D eigenvalue weighted by Gasteiger charge is 2.24. The number of allylic oxidation sites excluding steroid dienone is 2. The molecule has 0 saturated carbocycles. The van der Waals surface area contributed by atoms with Crippen molar-refractivity contribution in [1.29, 1.82) is 0 Å². The molecule has 1 aromatic carbocycles. The van der Waals surface area contributed by atoms with Crippen molar-refractivity contribution >= 4 is 35.2 Å². The number of nitrogens with one attached hydrogen (secondary N) is 2. The maximum Gasteiger partial charge on any atom is 0.263 e. The fourth-order valence-electron chi connectivity index (χ4n) is 1.48. The van der Waals surface area contributed by atoms with Crippen LogP contribution in [0.4, 0.5) is 4.39 Å². The van der Waals surface area contributed by atoms with E-state index in [0.29, 0.717) is 5.56 Å². The SMILES string of the molecule is O=C1NC(=S)NC(=O)C1=CC=Cc1ccccc1F. The van der Waals surface area contributed by atoms with Gasteiger partial charge in [0.2, 0.25) is 0 Å². The molecule has 0 bridgehead atoms. The molecule has 0 atom stereocenters. The molecule has 0 aliphatic carbocycles. The minimum atomic E-state index is -0.577. The smallest absolute Gasteiger partial charge is 0.263 e. The van der Waals surface area contributed by atoms with Crippen molar-refractivity contribution in [1.82, 2.24) is 10.6 Å². The summed E-state index contributed by atoms with van der Waals surface area (Å²) in [5.74, 6) is -1.53. The summed E-state index contributed by atoms with van der Waals surface area (Å²) >= 11 is 4.66. The van der Waals surface area contributed by atoms with Gasteiger partial charge in [0.25, 0.3) is 11.8 Å². The average molecular weight is 276 g/mol. The molecule has 2 rings (SSSR count). The molecule has 2 amide bonds. The van der Waals surface area contributed by atoms with E-state index in [1.807, 2.05) is 0 Å². The van der Waals surface area contributed by atoms with Gasteiger partial charge < -0.3 is 0 Å². The zero-order valence-electron chi connectivity index (χ0n) is 9.64. The Morgan fingerprint density at radius 2 is 1.74 bits per heavy atom. The highest BCUT2D eigenvalue weighted by atomic mass is 32.1. The van der Waals surface area contributed by atoms with E-state index >= 15 is 0 Å². The zero-order valence-corrected chi connectivity index (χ0v) is 10.5. The van der Waals surface area contributed by atoms with Crippen molar-refractivity contribution in [3.8, 4) is 0 Å². The summed E-state index contributed by atoms with van der Waals surface area (Å²) in [6.07, 6.45) is 4.20. The molecule has 96 valence electrons. The fourth-order valence-corrected chi connectivity index (χ4v) is 1.67. The zero-order chi connectivity index (χ0) is 13.8. The molecule has 2 N–H and O–H groups in total. The molecule has 1 aliphatic heterocycles. The van der Waals surface area contributed by atoms with Crippen molar-refractivity contribution in [3.63, 3.8) is 0 Å². The third-order valence-electron chi connectivity index (χ3n) is 2.39. The first-order chi connectivity index (χ1) is 9.08. The number of rotatable bonds is 2. The van der Waals surface area contributed by atoms with E-state index in [1.54, 1.807) is 18.2 Å².